The van der Waals surface area contributed by atoms with Gasteiger partial charge >= 0.3 is 0 Å². The number of hydrogen-bond donors (Lipinski definition) is 0. The van der Waals surface area contributed by atoms with Crippen LogP contribution in [0.3, 0.4) is 0 Å². The van der Waals surface area contributed by atoms with E-state index in [4.69, 9.17) is 4.84 Å². The molecule has 0 aromatic heterocycles. The van der Waals surface area contributed by atoms with Gasteiger partial charge in [0.25, 0.3) is 0 Å². The van der Waals surface area contributed by atoms with Crippen LogP contribution in [0, 0.1) is 5.41 Å². The minimum Gasteiger partial charge on any atom is -0.396 e. The summed E-state index contributed by atoms with van der Waals surface area (Å²) in [4.78, 5) is 30.6. The predicted octanol–water partition coefficient (Wildman–Crippen LogP) is 3.26. The molecule has 0 spiro atoms. The van der Waals surface area contributed by atoms with Crippen LogP contribution in [-0.4, -0.2) is 23.9 Å². The first-order valence-corrected chi connectivity index (χ1v) is 7.01. The number of ketones is 2. The maximum atomic E-state index is 12.8. The van der Waals surface area contributed by atoms with Crippen molar-refractivity contribution in [1.82, 2.24) is 0 Å². The lowest BCUT2D eigenvalue weighted by Gasteiger charge is -2.25. The highest BCUT2D eigenvalue weighted by atomic mass is 16.6. The van der Waals surface area contributed by atoms with E-state index in [-0.39, 0.29) is 11.6 Å². The molecule has 1 aliphatic rings. The second kappa shape index (κ2) is 5.57. The van der Waals surface area contributed by atoms with Crippen molar-refractivity contribution >= 4 is 17.3 Å². The second-order valence-electron chi connectivity index (χ2n) is 4.77. The van der Waals surface area contributed by atoms with Crippen molar-refractivity contribution in [2.45, 2.75) is 33.6 Å². The molecule has 0 heterocycles. The molecule has 4 heteroatoms. The van der Waals surface area contributed by atoms with E-state index < -0.39 is 5.41 Å². The van der Waals surface area contributed by atoms with Gasteiger partial charge < -0.3 is 4.84 Å². The molecule has 106 valence electrons. The molecule has 0 bridgehead atoms. The first-order chi connectivity index (χ1) is 9.63. The van der Waals surface area contributed by atoms with Gasteiger partial charge in [0.05, 0.1) is 5.71 Å². The molecule has 4 nitrogen and oxygen atoms in total. The van der Waals surface area contributed by atoms with Gasteiger partial charge in [-0.05, 0) is 19.8 Å². The Hall–Kier alpha value is -1.97. The van der Waals surface area contributed by atoms with E-state index in [0.717, 1.165) is 0 Å². The Morgan fingerprint density at radius 3 is 2.05 bits per heavy atom. The predicted molar refractivity (Wildman–Crippen MR) is 77.2 cm³/mol. The minimum atomic E-state index is -1.17. The zero-order chi connectivity index (χ0) is 14.8. The molecule has 0 saturated heterocycles. The summed E-state index contributed by atoms with van der Waals surface area (Å²) in [7, 11) is 0. The van der Waals surface area contributed by atoms with Gasteiger partial charge in [-0.2, -0.15) is 0 Å². The van der Waals surface area contributed by atoms with Crippen molar-refractivity contribution in [1.29, 1.82) is 0 Å². The van der Waals surface area contributed by atoms with E-state index in [1.54, 1.807) is 24.3 Å². The monoisotopic (exact) mass is 273 g/mol. The van der Waals surface area contributed by atoms with Crippen molar-refractivity contribution < 1.29 is 14.4 Å². The molecular formula is C16H19NO3. The van der Waals surface area contributed by atoms with Crippen molar-refractivity contribution in [2.75, 3.05) is 6.61 Å². The summed E-state index contributed by atoms with van der Waals surface area (Å²) in [5.41, 5.74) is 0.343. The van der Waals surface area contributed by atoms with E-state index in [2.05, 4.69) is 5.16 Å². The Morgan fingerprint density at radius 1 is 1.10 bits per heavy atom. The quantitative estimate of drug-likeness (QED) is 0.470. The Morgan fingerprint density at radius 2 is 1.65 bits per heavy atom. The number of Topliss-reactive ketones (excluding diaryl/α,β-unsaturated/α-hetero) is 2. The molecule has 0 saturated carbocycles. The Bertz CT molecular complexity index is 540. The maximum absolute atomic E-state index is 12.8. The minimum absolute atomic E-state index is 0.152. The summed E-state index contributed by atoms with van der Waals surface area (Å²) in [6.45, 7) is 5.97. The molecule has 20 heavy (non-hydrogen) atoms. The maximum Gasteiger partial charge on any atom is 0.183 e. The van der Waals surface area contributed by atoms with Crippen LogP contribution >= 0.6 is 0 Å². The van der Waals surface area contributed by atoms with Crippen molar-refractivity contribution in [2.24, 2.45) is 10.6 Å². The number of oxime groups is 1. The van der Waals surface area contributed by atoms with Crippen molar-refractivity contribution in [3.8, 4) is 0 Å². The molecule has 1 aromatic rings. The number of carbonyl (C=O) groups is 2. The number of benzene rings is 1. The Labute approximate surface area is 118 Å². The van der Waals surface area contributed by atoms with Gasteiger partial charge in [-0.15, -0.1) is 0 Å². The van der Waals surface area contributed by atoms with Gasteiger partial charge in [-0.3, -0.25) is 9.59 Å². The summed E-state index contributed by atoms with van der Waals surface area (Å²) in [5, 5.41) is 4.04. The van der Waals surface area contributed by atoms with E-state index in [1.165, 1.54) is 0 Å². The SMILES string of the molecule is CCON=C(CC)C1(CC)C(=O)c2ccccc2C1=O. The number of nitrogens with zero attached hydrogens (tertiary/aromatic N) is 1. The molecule has 0 aliphatic heterocycles. The van der Waals surface area contributed by atoms with E-state index in [1.807, 2.05) is 20.8 Å². The fourth-order valence-corrected chi connectivity index (χ4v) is 2.82. The third kappa shape index (κ3) is 1.87. The highest BCUT2D eigenvalue weighted by Gasteiger charge is 2.54. The third-order valence-corrected chi connectivity index (χ3v) is 3.85. The van der Waals surface area contributed by atoms with Gasteiger partial charge in [0.15, 0.2) is 11.6 Å². The molecule has 1 aliphatic carbocycles. The lowest BCUT2D eigenvalue weighted by Crippen LogP contribution is -2.41. The highest BCUT2D eigenvalue weighted by molar-refractivity contribution is 6.40. The molecule has 1 aromatic carbocycles. The van der Waals surface area contributed by atoms with Crippen LogP contribution in [0.15, 0.2) is 29.4 Å². The molecule has 0 atom stereocenters. The van der Waals surface area contributed by atoms with Crippen LogP contribution in [0.2, 0.25) is 0 Å². The fourth-order valence-electron chi connectivity index (χ4n) is 2.82. The number of hydrogen-bond acceptors (Lipinski definition) is 4. The van der Waals surface area contributed by atoms with Gasteiger partial charge in [-0.1, -0.05) is 43.3 Å². The first-order valence-electron chi connectivity index (χ1n) is 7.01. The second-order valence-corrected chi connectivity index (χ2v) is 4.77. The van der Waals surface area contributed by atoms with Crippen LogP contribution in [0.5, 0.6) is 0 Å². The average Bonchev–Trinajstić information content (AvgIpc) is 2.71. The van der Waals surface area contributed by atoms with Crippen molar-refractivity contribution in [3.63, 3.8) is 0 Å². The zero-order valence-corrected chi connectivity index (χ0v) is 12.1. The fraction of sp³-hybridized carbons (Fsp3) is 0.438. The molecule has 0 N–H and O–H groups in total. The number of rotatable bonds is 5. The normalized spacial score (nSPS) is 17.2. The summed E-state index contributed by atoms with van der Waals surface area (Å²) in [6, 6.07) is 6.98. The lowest BCUT2D eigenvalue weighted by molar-refractivity contribution is 0.0763. The average molecular weight is 273 g/mol. The molecule has 2 rings (SSSR count). The van der Waals surface area contributed by atoms with Gasteiger partial charge in [0.1, 0.15) is 12.0 Å². The van der Waals surface area contributed by atoms with Crippen LogP contribution in [0.1, 0.15) is 54.3 Å². The molecule has 0 unspecified atom stereocenters. The summed E-state index contributed by atoms with van der Waals surface area (Å²) in [5.74, 6) is -0.304. The molecule has 0 fully saturated rings. The Kier molecular flexibility index (Phi) is 4.02. The molecular weight excluding hydrogens is 254 g/mol. The van der Waals surface area contributed by atoms with Crippen LogP contribution < -0.4 is 0 Å². The third-order valence-electron chi connectivity index (χ3n) is 3.85. The smallest absolute Gasteiger partial charge is 0.183 e. The Balaban J connectivity index is 2.58. The number of fused-ring (bicyclic) bond motifs is 1. The summed E-state index contributed by atoms with van der Waals surface area (Å²) in [6.07, 6.45) is 0.915. The van der Waals surface area contributed by atoms with Crippen LogP contribution in [0.4, 0.5) is 0 Å². The van der Waals surface area contributed by atoms with E-state index in [0.29, 0.717) is 36.3 Å². The largest absolute Gasteiger partial charge is 0.396 e. The summed E-state index contributed by atoms with van der Waals surface area (Å²) >= 11 is 0. The van der Waals surface area contributed by atoms with Crippen LogP contribution in [-0.2, 0) is 4.84 Å². The van der Waals surface area contributed by atoms with Crippen LogP contribution in [0.25, 0.3) is 0 Å². The zero-order valence-electron chi connectivity index (χ0n) is 12.1. The van der Waals surface area contributed by atoms with Crippen molar-refractivity contribution in [3.05, 3.63) is 35.4 Å². The summed E-state index contributed by atoms with van der Waals surface area (Å²) < 4.78 is 0. The van der Waals surface area contributed by atoms with E-state index >= 15 is 0 Å². The highest BCUT2D eigenvalue weighted by Crippen LogP contribution is 2.41. The number of carbonyl (C=O) groups excluding carboxylic acids is 2. The van der Waals surface area contributed by atoms with Gasteiger partial charge in [0.2, 0.25) is 0 Å². The standard InChI is InChI=1S/C16H19NO3/c1-4-13(17-20-6-3)16(5-2)14(18)11-9-7-8-10-12(11)15(16)19/h7-10H,4-6H2,1-3H3. The topological polar surface area (TPSA) is 55.7 Å². The molecule has 0 amide bonds. The van der Waals surface area contributed by atoms with E-state index in [9.17, 15) is 9.59 Å². The lowest BCUT2D eigenvalue weighted by atomic mass is 9.74. The first kappa shape index (κ1) is 14.4. The van der Waals surface area contributed by atoms with Gasteiger partial charge in [-0.25, -0.2) is 0 Å². The van der Waals surface area contributed by atoms with Gasteiger partial charge in [0, 0.05) is 11.1 Å². The molecule has 0 radical (unpaired) electrons.